The molecule has 0 atom stereocenters. The summed E-state index contributed by atoms with van der Waals surface area (Å²) in [4.78, 5) is 21.0. The van der Waals surface area contributed by atoms with Crippen LogP contribution in [0.15, 0.2) is 0 Å². The third-order valence-corrected chi connectivity index (χ3v) is 3.24. The van der Waals surface area contributed by atoms with Crippen LogP contribution in [-0.4, -0.2) is 27.7 Å². The van der Waals surface area contributed by atoms with Gasteiger partial charge in [-0.2, -0.15) is 13.2 Å². The molecule has 5 nitrogen and oxygen atoms in total. The molecule has 0 aromatic carbocycles. The predicted molar refractivity (Wildman–Crippen MR) is 55.8 cm³/mol. The van der Waals surface area contributed by atoms with E-state index in [9.17, 15) is 22.8 Å². The molecule has 0 saturated carbocycles. The van der Waals surface area contributed by atoms with Gasteiger partial charge < -0.3 is 15.0 Å². The van der Waals surface area contributed by atoms with Gasteiger partial charge >= 0.3 is 18.1 Å². The zero-order valence-electron chi connectivity index (χ0n) is 8.16. The van der Waals surface area contributed by atoms with Gasteiger partial charge in [-0.1, -0.05) is 11.3 Å². The summed E-state index contributed by atoms with van der Waals surface area (Å²) in [6.45, 7) is 0. The highest BCUT2D eigenvalue weighted by Crippen LogP contribution is 2.26. The zero-order valence-corrected chi connectivity index (χ0v) is 9.79. The van der Waals surface area contributed by atoms with Crippen molar-refractivity contribution in [3.8, 4) is 0 Å². The average Bonchev–Trinajstić information content (AvgIpc) is 2.44. The van der Waals surface area contributed by atoms with E-state index in [0.717, 1.165) is 4.57 Å². The van der Waals surface area contributed by atoms with Crippen molar-refractivity contribution >= 4 is 41.2 Å². The Kier molecular flexibility index (Phi) is 3.57. The van der Waals surface area contributed by atoms with Crippen LogP contribution in [0.4, 0.5) is 19.0 Å². The number of rotatable bonds is 2. The monoisotopic (exact) mass is 286 g/mol. The summed E-state index contributed by atoms with van der Waals surface area (Å²) in [6.07, 6.45) is -5.09. The third-order valence-electron chi connectivity index (χ3n) is 1.70. The molecular weight excluding hydrogens is 281 g/mol. The Morgan fingerprint density at radius 1 is 1.47 bits per heavy atom. The molecule has 0 bridgehead atoms. The maximum absolute atomic E-state index is 12.0. The van der Waals surface area contributed by atoms with E-state index in [-0.39, 0.29) is 3.95 Å². The Labute approximate surface area is 101 Å². The molecule has 17 heavy (non-hydrogen) atoms. The Morgan fingerprint density at radius 2 is 2.00 bits per heavy atom. The molecule has 0 unspecified atom stereocenters. The number of carbonyl (C=O) groups is 2. The first-order valence-electron chi connectivity index (χ1n) is 3.96. The van der Waals surface area contributed by atoms with Gasteiger partial charge in [0.15, 0.2) is 8.83 Å². The molecule has 0 fully saturated rings. The van der Waals surface area contributed by atoms with Gasteiger partial charge in [0.25, 0.3) is 0 Å². The lowest BCUT2D eigenvalue weighted by molar-refractivity contribution is -0.167. The topological polar surface area (TPSA) is 71.3 Å². The fourth-order valence-corrected chi connectivity index (χ4v) is 2.03. The van der Waals surface area contributed by atoms with E-state index in [1.165, 1.54) is 12.4 Å². The molecule has 0 saturated heterocycles. The van der Waals surface area contributed by atoms with Crippen molar-refractivity contribution in [3.05, 3.63) is 8.83 Å². The summed E-state index contributed by atoms with van der Waals surface area (Å²) in [5.41, 5.74) is 0. The highest BCUT2D eigenvalue weighted by atomic mass is 32.1. The predicted octanol–water partition coefficient (Wildman–Crippen LogP) is 2.02. The number of alkyl halides is 3. The molecule has 1 aromatic rings. The molecule has 0 radical (unpaired) electrons. The smallest absolute Gasteiger partial charge is 0.471 e. The van der Waals surface area contributed by atoms with Crippen LogP contribution in [-0.2, 0) is 11.8 Å². The lowest BCUT2D eigenvalue weighted by Gasteiger charge is -2.09. The summed E-state index contributed by atoms with van der Waals surface area (Å²) >= 11 is 5.31. The van der Waals surface area contributed by atoms with Gasteiger partial charge in [0.2, 0.25) is 0 Å². The number of nitrogens with zero attached hydrogens (tertiary/aromatic N) is 1. The molecular formula is C7H5F3N2O3S2. The van der Waals surface area contributed by atoms with Gasteiger partial charge in [-0.05, 0) is 12.2 Å². The number of aromatic carboxylic acids is 1. The van der Waals surface area contributed by atoms with Crippen molar-refractivity contribution in [2.45, 2.75) is 6.18 Å². The van der Waals surface area contributed by atoms with E-state index in [1.54, 1.807) is 0 Å². The SMILES string of the molecule is Cn1c(NC(=O)C(F)(F)F)c(C(=O)O)sc1=S. The second-order valence-electron chi connectivity index (χ2n) is 2.86. The van der Waals surface area contributed by atoms with E-state index < -0.39 is 28.7 Å². The molecule has 10 heteroatoms. The first-order chi connectivity index (χ1) is 7.64. The Bertz CT molecular complexity index is 531. The summed E-state index contributed by atoms with van der Waals surface area (Å²) < 4.78 is 37.1. The molecule has 0 aliphatic carbocycles. The second kappa shape index (κ2) is 4.45. The molecule has 2 N–H and O–H groups in total. The van der Waals surface area contributed by atoms with Gasteiger partial charge in [0.1, 0.15) is 5.82 Å². The maximum Gasteiger partial charge on any atom is 0.471 e. The van der Waals surface area contributed by atoms with Crippen LogP contribution in [0.25, 0.3) is 0 Å². The lowest BCUT2D eigenvalue weighted by atomic mass is 10.4. The summed E-state index contributed by atoms with van der Waals surface area (Å²) in [6, 6.07) is 0. The molecule has 0 aliphatic heterocycles. The van der Waals surface area contributed by atoms with E-state index in [0.29, 0.717) is 11.3 Å². The Hall–Kier alpha value is -1.42. The summed E-state index contributed by atoms with van der Waals surface area (Å²) in [7, 11) is 1.26. The van der Waals surface area contributed by atoms with Crippen LogP contribution in [0.3, 0.4) is 0 Å². The second-order valence-corrected chi connectivity index (χ2v) is 4.51. The van der Waals surface area contributed by atoms with E-state index in [1.807, 2.05) is 0 Å². The van der Waals surface area contributed by atoms with Crippen molar-refractivity contribution in [1.82, 2.24) is 4.57 Å². The van der Waals surface area contributed by atoms with E-state index >= 15 is 0 Å². The number of amides is 1. The molecule has 0 spiro atoms. The van der Waals surface area contributed by atoms with Gasteiger partial charge in [-0.3, -0.25) is 4.79 Å². The first-order valence-corrected chi connectivity index (χ1v) is 5.18. The van der Waals surface area contributed by atoms with Gasteiger partial charge in [-0.25, -0.2) is 4.79 Å². The van der Waals surface area contributed by atoms with E-state index in [2.05, 4.69) is 0 Å². The standard InChI is InChI=1S/C7H5F3N2O3S2/c1-12-3(11-5(15)7(8,9)10)2(4(13)14)17-6(12)16/h1H3,(H,11,15)(H,13,14). The van der Waals surface area contributed by atoms with Gasteiger partial charge in [0.05, 0.1) is 0 Å². The van der Waals surface area contributed by atoms with Crippen molar-refractivity contribution < 1.29 is 27.9 Å². The minimum absolute atomic E-state index is 0.0416. The molecule has 0 aliphatic rings. The minimum Gasteiger partial charge on any atom is -0.477 e. The van der Waals surface area contributed by atoms with E-state index in [4.69, 9.17) is 17.3 Å². The summed E-state index contributed by atoms with van der Waals surface area (Å²) in [5.74, 6) is -4.18. The number of nitrogens with one attached hydrogen (secondary N) is 1. The molecule has 94 valence electrons. The number of carboxylic acids is 1. The number of carbonyl (C=O) groups excluding carboxylic acids is 1. The molecule has 1 rings (SSSR count). The number of carboxylic acid groups (broad SMARTS) is 1. The fraction of sp³-hybridized carbons (Fsp3) is 0.286. The van der Waals surface area contributed by atoms with Crippen molar-refractivity contribution in [2.24, 2.45) is 7.05 Å². The number of hydrogen-bond acceptors (Lipinski definition) is 4. The lowest BCUT2D eigenvalue weighted by Crippen LogP contribution is -2.31. The normalized spacial score (nSPS) is 11.3. The van der Waals surface area contributed by atoms with Crippen LogP contribution in [0.5, 0.6) is 0 Å². The first kappa shape index (κ1) is 13.6. The van der Waals surface area contributed by atoms with Gasteiger partial charge in [-0.15, -0.1) is 0 Å². The Morgan fingerprint density at radius 3 is 2.41 bits per heavy atom. The van der Waals surface area contributed by atoms with Crippen LogP contribution in [0, 0.1) is 3.95 Å². The molecule has 1 heterocycles. The van der Waals surface area contributed by atoms with Crippen molar-refractivity contribution in [3.63, 3.8) is 0 Å². The van der Waals surface area contributed by atoms with Crippen LogP contribution < -0.4 is 5.32 Å². The highest BCUT2D eigenvalue weighted by Gasteiger charge is 2.39. The van der Waals surface area contributed by atoms with Gasteiger partial charge in [0, 0.05) is 7.05 Å². The Balaban J connectivity index is 3.19. The fourth-order valence-electron chi connectivity index (χ4n) is 0.912. The maximum atomic E-state index is 12.0. The molecule has 1 aromatic heterocycles. The average molecular weight is 286 g/mol. The van der Waals surface area contributed by atoms with Crippen molar-refractivity contribution in [1.29, 1.82) is 0 Å². The number of halogens is 3. The van der Waals surface area contributed by atoms with Crippen LogP contribution in [0.2, 0.25) is 0 Å². The number of thiazole rings is 1. The third kappa shape index (κ3) is 2.82. The summed E-state index contributed by atoms with van der Waals surface area (Å²) in [5, 5.41) is 10.2. The zero-order chi connectivity index (χ0) is 13.4. The minimum atomic E-state index is -5.09. The largest absolute Gasteiger partial charge is 0.477 e. The van der Waals surface area contributed by atoms with Crippen LogP contribution in [0.1, 0.15) is 9.67 Å². The number of hydrogen-bond donors (Lipinski definition) is 2. The highest BCUT2D eigenvalue weighted by molar-refractivity contribution is 7.73. The number of anilines is 1. The van der Waals surface area contributed by atoms with Crippen molar-refractivity contribution in [2.75, 3.05) is 5.32 Å². The van der Waals surface area contributed by atoms with Crippen LogP contribution >= 0.6 is 23.6 Å². The quantitative estimate of drug-likeness (QED) is 0.816. The number of aromatic nitrogens is 1. The molecule has 1 amide bonds.